The van der Waals surface area contributed by atoms with E-state index in [1.54, 1.807) is 6.26 Å². The third-order valence-corrected chi connectivity index (χ3v) is 2.13. The maximum Gasteiger partial charge on any atom is 0.117 e. The number of hydrogen-bond donors (Lipinski definition) is 1. The van der Waals surface area contributed by atoms with Crippen LogP contribution in [0.2, 0.25) is 0 Å². The molecule has 0 unspecified atom stereocenters. The molecule has 1 rings (SSSR count). The van der Waals surface area contributed by atoms with Crippen LogP contribution in [0.15, 0.2) is 22.8 Å². The lowest BCUT2D eigenvalue weighted by atomic mass is 9.94. The second-order valence-electron chi connectivity index (χ2n) is 4.57. The number of aliphatic hydroxyl groups is 1. The number of rotatable bonds is 5. The molecule has 3 nitrogen and oxygen atoms in total. The van der Waals surface area contributed by atoms with Crippen molar-refractivity contribution in [1.82, 2.24) is 4.90 Å². The van der Waals surface area contributed by atoms with Gasteiger partial charge in [0.25, 0.3) is 0 Å². The molecule has 0 spiro atoms. The molecule has 0 aliphatic heterocycles. The van der Waals surface area contributed by atoms with E-state index in [9.17, 15) is 0 Å². The van der Waals surface area contributed by atoms with Crippen LogP contribution in [0.4, 0.5) is 0 Å². The minimum atomic E-state index is -0.0542. The Morgan fingerprint density at radius 2 is 2.21 bits per heavy atom. The SMILES string of the molecule is CN(Cc1ccco1)CC(C)(C)CO. The van der Waals surface area contributed by atoms with Crippen molar-refractivity contribution in [3.63, 3.8) is 0 Å². The Morgan fingerprint density at radius 3 is 2.71 bits per heavy atom. The van der Waals surface area contributed by atoms with Crippen molar-refractivity contribution in [1.29, 1.82) is 0 Å². The van der Waals surface area contributed by atoms with Crippen LogP contribution in [0, 0.1) is 5.41 Å². The highest BCUT2D eigenvalue weighted by atomic mass is 16.3. The van der Waals surface area contributed by atoms with Gasteiger partial charge in [0, 0.05) is 18.6 Å². The van der Waals surface area contributed by atoms with Gasteiger partial charge >= 0.3 is 0 Å². The normalized spacial score (nSPS) is 12.4. The van der Waals surface area contributed by atoms with Gasteiger partial charge in [-0.1, -0.05) is 13.8 Å². The number of hydrogen-bond acceptors (Lipinski definition) is 3. The van der Waals surface area contributed by atoms with Crippen LogP contribution in [-0.2, 0) is 6.54 Å². The first-order valence-electron chi connectivity index (χ1n) is 4.85. The molecular weight excluding hydrogens is 178 g/mol. The van der Waals surface area contributed by atoms with Crippen molar-refractivity contribution in [2.24, 2.45) is 5.41 Å². The minimum absolute atomic E-state index is 0.0542. The first-order valence-corrected chi connectivity index (χ1v) is 4.85. The molecule has 1 aromatic heterocycles. The summed E-state index contributed by atoms with van der Waals surface area (Å²) < 4.78 is 5.25. The molecule has 0 saturated carbocycles. The zero-order chi connectivity index (χ0) is 10.6. The summed E-state index contributed by atoms with van der Waals surface area (Å²) in [5.41, 5.74) is -0.0542. The molecule has 3 heteroatoms. The largest absolute Gasteiger partial charge is 0.468 e. The van der Waals surface area contributed by atoms with Crippen LogP contribution < -0.4 is 0 Å². The molecule has 0 amide bonds. The Balaban J connectivity index is 2.40. The Bertz CT molecular complexity index is 254. The fourth-order valence-electron chi connectivity index (χ4n) is 1.51. The summed E-state index contributed by atoms with van der Waals surface area (Å²) in [5, 5.41) is 9.12. The Kier molecular flexibility index (Phi) is 3.72. The van der Waals surface area contributed by atoms with E-state index in [2.05, 4.69) is 4.90 Å². The topological polar surface area (TPSA) is 36.6 Å². The zero-order valence-electron chi connectivity index (χ0n) is 9.16. The van der Waals surface area contributed by atoms with Crippen LogP contribution >= 0.6 is 0 Å². The summed E-state index contributed by atoms with van der Waals surface area (Å²) >= 11 is 0. The maximum absolute atomic E-state index is 9.12. The van der Waals surface area contributed by atoms with Crippen molar-refractivity contribution in [2.45, 2.75) is 20.4 Å². The molecule has 0 fully saturated rings. The minimum Gasteiger partial charge on any atom is -0.468 e. The van der Waals surface area contributed by atoms with Gasteiger partial charge in [-0.3, -0.25) is 4.90 Å². The smallest absolute Gasteiger partial charge is 0.117 e. The number of aliphatic hydroxyl groups excluding tert-OH is 1. The van der Waals surface area contributed by atoms with Gasteiger partial charge in [0.15, 0.2) is 0 Å². The predicted octanol–water partition coefficient (Wildman–Crippen LogP) is 1.73. The molecule has 0 radical (unpaired) electrons. The van der Waals surface area contributed by atoms with Gasteiger partial charge in [0.1, 0.15) is 5.76 Å². The molecule has 0 bridgehead atoms. The molecule has 0 aromatic carbocycles. The highest BCUT2D eigenvalue weighted by molar-refractivity contribution is 4.97. The van der Waals surface area contributed by atoms with Crippen LogP contribution in [0.3, 0.4) is 0 Å². The van der Waals surface area contributed by atoms with Gasteiger partial charge in [-0.2, -0.15) is 0 Å². The molecule has 80 valence electrons. The van der Waals surface area contributed by atoms with Crippen LogP contribution in [0.5, 0.6) is 0 Å². The average molecular weight is 197 g/mol. The van der Waals surface area contributed by atoms with Crippen LogP contribution in [-0.4, -0.2) is 30.2 Å². The van der Waals surface area contributed by atoms with E-state index in [-0.39, 0.29) is 12.0 Å². The van der Waals surface area contributed by atoms with Gasteiger partial charge in [-0.15, -0.1) is 0 Å². The summed E-state index contributed by atoms with van der Waals surface area (Å²) in [6, 6.07) is 3.85. The molecule has 0 atom stereocenters. The lowest BCUT2D eigenvalue weighted by molar-refractivity contribution is 0.109. The Morgan fingerprint density at radius 1 is 1.50 bits per heavy atom. The molecule has 0 aliphatic rings. The Labute approximate surface area is 85.3 Å². The second-order valence-corrected chi connectivity index (χ2v) is 4.57. The predicted molar refractivity (Wildman–Crippen MR) is 55.9 cm³/mol. The fraction of sp³-hybridized carbons (Fsp3) is 0.636. The molecule has 1 aromatic rings. The standard InChI is InChI=1S/C11H19NO2/c1-11(2,9-13)8-12(3)7-10-5-4-6-14-10/h4-6,13H,7-9H2,1-3H3. The van der Waals surface area contributed by atoms with Crippen LogP contribution in [0.25, 0.3) is 0 Å². The van der Waals surface area contributed by atoms with Gasteiger partial charge in [0.2, 0.25) is 0 Å². The van der Waals surface area contributed by atoms with Gasteiger partial charge in [0.05, 0.1) is 12.8 Å². The fourth-order valence-corrected chi connectivity index (χ4v) is 1.51. The summed E-state index contributed by atoms with van der Waals surface area (Å²) in [5.74, 6) is 0.959. The summed E-state index contributed by atoms with van der Waals surface area (Å²) in [6.07, 6.45) is 1.68. The van der Waals surface area contributed by atoms with Crippen molar-refractivity contribution in [3.8, 4) is 0 Å². The second kappa shape index (κ2) is 4.62. The van der Waals surface area contributed by atoms with E-state index < -0.39 is 0 Å². The molecule has 0 aliphatic carbocycles. The third-order valence-electron chi connectivity index (χ3n) is 2.13. The zero-order valence-corrected chi connectivity index (χ0v) is 9.16. The van der Waals surface area contributed by atoms with E-state index in [0.29, 0.717) is 0 Å². The lowest BCUT2D eigenvalue weighted by Gasteiger charge is -2.27. The highest BCUT2D eigenvalue weighted by Gasteiger charge is 2.19. The molecule has 1 heterocycles. The highest BCUT2D eigenvalue weighted by Crippen LogP contribution is 2.16. The summed E-state index contributed by atoms with van der Waals surface area (Å²) in [4.78, 5) is 2.15. The third kappa shape index (κ3) is 3.52. The van der Waals surface area contributed by atoms with E-state index in [1.165, 1.54) is 0 Å². The lowest BCUT2D eigenvalue weighted by Crippen LogP contribution is -2.33. The van der Waals surface area contributed by atoms with Gasteiger partial charge in [-0.05, 0) is 19.2 Å². The molecular formula is C11H19NO2. The molecule has 0 saturated heterocycles. The molecule has 1 N–H and O–H groups in total. The van der Waals surface area contributed by atoms with Gasteiger partial charge in [-0.25, -0.2) is 0 Å². The van der Waals surface area contributed by atoms with Crippen molar-refractivity contribution in [2.75, 3.05) is 20.2 Å². The van der Waals surface area contributed by atoms with Gasteiger partial charge < -0.3 is 9.52 Å². The number of furan rings is 1. The first-order chi connectivity index (χ1) is 6.53. The van der Waals surface area contributed by atoms with Crippen LogP contribution in [0.1, 0.15) is 19.6 Å². The maximum atomic E-state index is 9.12. The monoisotopic (exact) mass is 197 g/mol. The van der Waals surface area contributed by atoms with Crippen molar-refractivity contribution in [3.05, 3.63) is 24.2 Å². The number of nitrogens with zero attached hydrogens (tertiary/aromatic N) is 1. The summed E-state index contributed by atoms with van der Waals surface area (Å²) in [6.45, 7) is 5.94. The van der Waals surface area contributed by atoms with Crippen molar-refractivity contribution >= 4 is 0 Å². The van der Waals surface area contributed by atoms with E-state index in [4.69, 9.17) is 9.52 Å². The van der Waals surface area contributed by atoms with E-state index >= 15 is 0 Å². The summed E-state index contributed by atoms with van der Waals surface area (Å²) in [7, 11) is 2.03. The van der Waals surface area contributed by atoms with E-state index in [1.807, 2.05) is 33.0 Å². The van der Waals surface area contributed by atoms with E-state index in [0.717, 1.165) is 18.8 Å². The molecule has 14 heavy (non-hydrogen) atoms. The average Bonchev–Trinajstić information content (AvgIpc) is 2.55. The quantitative estimate of drug-likeness (QED) is 0.781. The Hall–Kier alpha value is -0.800. The van der Waals surface area contributed by atoms with Crippen molar-refractivity contribution < 1.29 is 9.52 Å². The first kappa shape index (κ1) is 11.3.